The van der Waals surface area contributed by atoms with Crippen LogP contribution in [0.3, 0.4) is 0 Å². The number of benzene rings is 1. The number of methoxy groups -OCH3 is 2. The summed E-state index contributed by atoms with van der Waals surface area (Å²) in [7, 11) is -0.866. The first-order valence-corrected chi connectivity index (χ1v) is 8.22. The summed E-state index contributed by atoms with van der Waals surface area (Å²) in [5.41, 5.74) is -1.02. The van der Waals surface area contributed by atoms with Gasteiger partial charge < -0.3 is 14.6 Å². The van der Waals surface area contributed by atoms with Crippen LogP contribution in [-0.2, 0) is 10.0 Å². The van der Waals surface area contributed by atoms with Gasteiger partial charge >= 0.3 is 0 Å². The Bertz CT molecular complexity index is 608. The van der Waals surface area contributed by atoms with Crippen molar-refractivity contribution in [2.24, 2.45) is 5.92 Å². The summed E-state index contributed by atoms with van der Waals surface area (Å²) in [4.78, 5) is 0.0254. The van der Waals surface area contributed by atoms with Gasteiger partial charge in [-0.05, 0) is 37.8 Å². The number of aliphatic hydroxyl groups is 1. The first kappa shape index (κ1) is 16.1. The van der Waals surface area contributed by atoms with E-state index in [0.29, 0.717) is 5.75 Å². The highest BCUT2D eigenvalue weighted by Crippen LogP contribution is 2.39. The molecule has 1 unspecified atom stereocenters. The average molecular weight is 315 g/mol. The fraction of sp³-hybridized carbons (Fsp3) is 0.571. The van der Waals surface area contributed by atoms with Crippen LogP contribution in [0.4, 0.5) is 0 Å². The summed E-state index contributed by atoms with van der Waals surface area (Å²) in [5.74, 6) is 0.877. The van der Waals surface area contributed by atoms with Gasteiger partial charge in [0.15, 0.2) is 0 Å². The Balaban J connectivity index is 2.19. The van der Waals surface area contributed by atoms with Crippen molar-refractivity contribution < 1.29 is 23.0 Å². The number of sulfonamides is 1. The Morgan fingerprint density at radius 2 is 2.00 bits per heavy atom. The molecule has 2 N–H and O–H groups in total. The molecule has 2 rings (SSSR count). The fourth-order valence-corrected chi connectivity index (χ4v) is 3.46. The third kappa shape index (κ3) is 3.66. The molecule has 0 saturated heterocycles. The van der Waals surface area contributed by atoms with E-state index in [0.717, 1.165) is 12.8 Å². The lowest BCUT2D eigenvalue weighted by Crippen LogP contribution is -2.42. The lowest BCUT2D eigenvalue weighted by Gasteiger charge is -2.23. The highest BCUT2D eigenvalue weighted by Gasteiger charge is 2.40. The Hall–Kier alpha value is -1.31. The van der Waals surface area contributed by atoms with Gasteiger partial charge in [0.05, 0.1) is 19.8 Å². The predicted octanol–water partition coefficient (Wildman–Crippen LogP) is 1.14. The Labute approximate surface area is 125 Å². The predicted molar refractivity (Wildman–Crippen MR) is 78.1 cm³/mol. The standard InChI is InChI=1S/C14H21NO5S/c1-14(16,10-4-5-10)9-15-21(17,18)13-7-6-11(19-2)8-12(13)20-3/h6-8,10,15-16H,4-5,9H2,1-3H3. The average Bonchev–Trinajstić information content (AvgIpc) is 3.29. The molecule has 1 aliphatic carbocycles. The number of hydrogen-bond acceptors (Lipinski definition) is 5. The van der Waals surface area contributed by atoms with E-state index in [1.807, 2.05) is 0 Å². The molecule has 0 aliphatic heterocycles. The van der Waals surface area contributed by atoms with Crippen molar-refractivity contribution in [1.29, 1.82) is 0 Å². The zero-order valence-electron chi connectivity index (χ0n) is 12.4. The zero-order chi connectivity index (χ0) is 15.7. The van der Waals surface area contributed by atoms with Crippen molar-refractivity contribution >= 4 is 10.0 Å². The Morgan fingerprint density at radius 1 is 1.33 bits per heavy atom. The van der Waals surface area contributed by atoms with Crippen LogP contribution in [0.25, 0.3) is 0 Å². The van der Waals surface area contributed by atoms with Gasteiger partial charge in [-0.25, -0.2) is 13.1 Å². The van der Waals surface area contributed by atoms with E-state index in [1.54, 1.807) is 13.0 Å². The van der Waals surface area contributed by atoms with E-state index in [4.69, 9.17) is 9.47 Å². The Kier molecular flexibility index (Phi) is 4.46. The molecule has 21 heavy (non-hydrogen) atoms. The van der Waals surface area contributed by atoms with Crippen LogP contribution in [0.15, 0.2) is 23.1 Å². The molecule has 0 aromatic heterocycles. The molecule has 1 aliphatic rings. The van der Waals surface area contributed by atoms with Gasteiger partial charge in [0, 0.05) is 12.6 Å². The molecular weight excluding hydrogens is 294 g/mol. The normalized spacial score (nSPS) is 18.1. The van der Waals surface area contributed by atoms with Crippen LogP contribution in [0.5, 0.6) is 11.5 Å². The van der Waals surface area contributed by atoms with Gasteiger partial charge in [-0.3, -0.25) is 0 Å². The topological polar surface area (TPSA) is 84.9 Å². The molecule has 1 aromatic rings. The molecule has 0 spiro atoms. The minimum Gasteiger partial charge on any atom is -0.497 e. The molecule has 0 amide bonds. The van der Waals surface area contributed by atoms with Gasteiger partial charge in [-0.15, -0.1) is 0 Å². The van der Waals surface area contributed by atoms with Crippen LogP contribution in [0.1, 0.15) is 19.8 Å². The second-order valence-electron chi connectivity index (χ2n) is 5.47. The maximum absolute atomic E-state index is 12.4. The van der Waals surface area contributed by atoms with Crippen molar-refractivity contribution in [3.8, 4) is 11.5 Å². The van der Waals surface area contributed by atoms with E-state index in [1.165, 1.54) is 26.4 Å². The van der Waals surface area contributed by atoms with Crippen molar-refractivity contribution in [3.05, 3.63) is 18.2 Å². The molecule has 1 fully saturated rings. The van der Waals surface area contributed by atoms with Gasteiger partial charge in [-0.1, -0.05) is 0 Å². The number of nitrogens with one attached hydrogen (secondary N) is 1. The third-order valence-corrected chi connectivity index (χ3v) is 5.18. The fourth-order valence-electron chi connectivity index (χ4n) is 2.17. The summed E-state index contributed by atoms with van der Waals surface area (Å²) in [5, 5.41) is 10.2. The van der Waals surface area contributed by atoms with Crippen LogP contribution in [-0.4, -0.2) is 39.9 Å². The first-order valence-electron chi connectivity index (χ1n) is 6.74. The molecule has 6 nitrogen and oxygen atoms in total. The lowest BCUT2D eigenvalue weighted by atomic mass is 10.0. The lowest BCUT2D eigenvalue weighted by molar-refractivity contribution is 0.0422. The largest absolute Gasteiger partial charge is 0.497 e. The minimum atomic E-state index is -3.76. The smallest absolute Gasteiger partial charge is 0.244 e. The molecule has 7 heteroatoms. The van der Waals surface area contributed by atoms with E-state index in [2.05, 4.69) is 4.72 Å². The number of rotatable bonds is 7. The highest BCUT2D eigenvalue weighted by molar-refractivity contribution is 7.89. The van der Waals surface area contributed by atoms with Gasteiger partial charge in [0.1, 0.15) is 16.4 Å². The first-order chi connectivity index (χ1) is 9.80. The summed E-state index contributed by atoms with van der Waals surface area (Å²) in [6.45, 7) is 1.63. The van der Waals surface area contributed by atoms with Crippen LogP contribution in [0, 0.1) is 5.92 Å². The van der Waals surface area contributed by atoms with Crippen LogP contribution < -0.4 is 14.2 Å². The molecule has 0 radical (unpaired) electrons. The summed E-state index contributed by atoms with van der Waals surface area (Å²) < 4.78 is 37.3. The molecular formula is C14H21NO5S. The summed E-state index contributed by atoms with van der Waals surface area (Å²) in [6, 6.07) is 4.48. The van der Waals surface area contributed by atoms with Crippen LogP contribution >= 0.6 is 0 Å². The Morgan fingerprint density at radius 3 is 2.52 bits per heavy atom. The maximum Gasteiger partial charge on any atom is 0.244 e. The van der Waals surface area contributed by atoms with Crippen molar-refractivity contribution in [2.45, 2.75) is 30.3 Å². The molecule has 0 heterocycles. The van der Waals surface area contributed by atoms with E-state index in [-0.39, 0.29) is 23.1 Å². The van der Waals surface area contributed by atoms with Gasteiger partial charge in [0.25, 0.3) is 0 Å². The molecule has 1 atom stereocenters. The van der Waals surface area contributed by atoms with E-state index >= 15 is 0 Å². The zero-order valence-corrected chi connectivity index (χ0v) is 13.2. The molecule has 1 saturated carbocycles. The molecule has 118 valence electrons. The van der Waals surface area contributed by atoms with Crippen molar-refractivity contribution in [1.82, 2.24) is 4.72 Å². The number of hydrogen-bond donors (Lipinski definition) is 2. The van der Waals surface area contributed by atoms with Crippen molar-refractivity contribution in [3.63, 3.8) is 0 Å². The highest BCUT2D eigenvalue weighted by atomic mass is 32.2. The monoisotopic (exact) mass is 315 g/mol. The second-order valence-corrected chi connectivity index (χ2v) is 7.21. The summed E-state index contributed by atoms with van der Waals surface area (Å²) in [6.07, 6.45) is 1.86. The van der Waals surface area contributed by atoms with Crippen molar-refractivity contribution in [2.75, 3.05) is 20.8 Å². The van der Waals surface area contributed by atoms with E-state index < -0.39 is 15.6 Å². The SMILES string of the molecule is COc1ccc(S(=O)(=O)NCC(C)(O)C2CC2)c(OC)c1. The second kappa shape index (κ2) is 5.82. The quantitative estimate of drug-likeness (QED) is 0.788. The summed E-state index contributed by atoms with van der Waals surface area (Å²) >= 11 is 0. The third-order valence-electron chi connectivity index (χ3n) is 3.74. The number of ether oxygens (including phenoxy) is 2. The molecule has 0 bridgehead atoms. The van der Waals surface area contributed by atoms with Crippen LogP contribution in [0.2, 0.25) is 0 Å². The molecule has 1 aromatic carbocycles. The van der Waals surface area contributed by atoms with Gasteiger partial charge in [0.2, 0.25) is 10.0 Å². The minimum absolute atomic E-state index is 0.0187. The van der Waals surface area contributed by atoms with Gasteiger partial charge in [-0.2, -0.15) is 0 Å². The maximum atomic E-state index is 12.4. The van der Waals surface area contributed by atoms with E-state index in [9.17, 15) is 13.5 Å².